The second-order valence-corrected chi connectivity index (χ2v) is 8.17. The number of fused-ring (bicyclic) bond motifs is 1. The van der Waals surface area contributed by atoms with Crippen LogP contribution in [0.25, 0.3) is 44.7 Å². The molecule has 0 aliphatic carbocycles. The molecule has 0 aliphatic rings. The first kappa shape index (κ1) is 19.3. The Morgan fingerprint density at radius 2 is 0.909 bits per heavy atom. The topological polar surface area (TPSA) is 8.81 Å². The lowest BCUT2D eigenvalue weighted by atomic mass is 10.1. The number of para-hydroxylation sites is 2. The second kappa shape index (κ2) is 8.25. The van der Waals surface area contributed by atoms with E-state index in [0.29, 0.717) is 0 Å². The van der Waals surface area contributed by atoms with E-state index in [1.807, 2.05) is 0 Å². The Labute approximate surface area is 193 Å². The van der Waals surface area contributed by atoms with E-state index in [-0.39, 0.29) is 0 Å². The molecule has 2 nitrogen and oxygen atoms in total. The van der Waals surface area contributed by atoms with Crippen LogP contribution in [0.1, 0.15) is 0 Å². The van der Waals surface area contributed by atoms with Crippen molar-refractivity contribution >= 4 is 11.0 Å². The molecule has 1 aromatic heterocycles. The number of nitrogens with zero attached hydrogens (tertiary/aromatic N) is 2. The molecule has 0 N–H and O–H groups in total. The Morgan fingerprint density at radius 3 is 1.52 bits per heavy atom. The molecule has 33 heavy (non-hydrogen) atoms. The molecule has 0 aliphatic heterocycles. The van der Waals surface area contributed by atoms with E-state index in [1.54, 1.807) is 0 Å². The lowest BCUT2D eigenvalue weighted by molar-refractivity contribution is -0.567. The van der Waals surface area contributed by atoms with Gasteiger partial charge in [0.2, 0.25) is 0 Å². The summed E-state index contributed by atoms with van der Waals surface area (Å²) >= 11 is 0. The minimum atomic E-state index is 1.14. The molecule has 0 unspecified atom stereocenters. The third-order valence-electron chi connectivity index (χ3n) is 6.14. The van der Waals surface area contributed by atoms with Crippen LogP contribution in [0.3, 0.4) is 0 Å². The maximum Gasteiger partial charge on any atom is 0.255 e. The summed E-state index contributed by atoms with van der Waals surface area (Å²) < 4.78 is 4.52. The van der Waals surface area contributed by atoms with Crippen LogP contribution in [0, 0.1) is 0 Å². The third kappa shape index (κ3) is 3.62. The van der Waals surface area contributed by atoms with Crippen molar-refractivity contribution < 1.29 is 4.57 Å². The van der Waals surface area contributed by atoms with Crippen LogP contribution in [0.4, 0.5) is 0 Å². The molecule has 6 aromatic rings. The molecule has 0 saturated carbocycles. The molecule has 0 saturated heterocycles. The maximum absolute atomic E-state index is 2.26. The van der Waals surface area contributed by atoms with Crippen molar-refractivity contribution in [1.29, 1.82) is 0 Å². The Morgan fingerprint density at radius 1 is 0.424 bits per heavy atom. The molecule has 0 spiro atoms. The van der Waals surface area contributed by atoms with Crippen molar-refractivity contribution in [3.63, 3.8) is 0 Å². The zero-order valence-corrected chi connectivity index (χ0v) is 18.2. The van der Waals surface area contributed by atoms with Gasteiger partial charge in [0.15, 0.2) is 11.0 Å². The van der Waals surface area contributed by atoms with Gasteiger partial charge in [-0.15, -0.1) is 0 Å². The number of benzene rings is 5. The minimum Gasteiger partial charge on any atom is -0.195 e. The maximum atomic E-state index is 2.26. The normalized spacial score (nSPS) is 11.0. The summed E-state index contributed by atoms with van der Waals surface area (Å²) in [6, 6.07) is 47.1. The first-order chi connectivity index (χ1) is 16.4. The largest absolute Gasteiger partial charge is 0.255 e. The molecule has 2 heteroatoms. The van der Waals surface area contributed by atoms with Crippen LogP contribution in [0.5, 0.6) is 0 Å². The highest BCUT2D eigenvalue weighted by atomic mass is 15.1. The third-order valence-corrected chi connectivity index (χ3v) is 6.14. The van der Waals surface area contributed by atoms with E-state index in [9.17, 15) is 0 Å². The molecule has 0 amide bonds. The first-order valence-corrected chi connectivity index (χ1v) is 11.2. The van der Waals surface area contributed by atoms with Gasteiger partial charge in [0.25, 0.3) is 6.33 Å². The van der Waals surface area contributed by atoms with Crippen molar-refractivity contribution in [3.05, 3.63) is 140 Å². The highest BCUT2D eigenvalue weighted by Crippen LogP contribution is 2.24. The molecular weight excluding hydrogens is 400 g/mol. The number of rotatable bonds is 4. The Kier molecular flexibility index (Phi) is 4.82. The van der Waals surface area contributed by atoms with E-state index in [2.05, 4.69) is 149 Å². The van der Waals surface area contributed by atoms with Gasteiger partial charge >= 0.3 is 0 Å². The van der Waals surface area contributed by atoms with Gasteiger partial charge in [0.05, 0.1) is 0 Å². The molecule has 156 valence electrons. The Balaban J connectivity index is 1.41. The highest BCUT2D eigenvalue weighted by Gasteiger charge is 2.18. The van der Waals surface area contributed by atoms with E-state index in [4.69, 9.17) is 0 Å². The SMILES string of the molecule is c1ccc(-c2ccc(-n3c[n+](-c4ccc(-c5ccccc5)cc4)c4ccccc43)cc2)cc1. The summed E-state index contributed by atoms with van der Waals surface area (Å²) in [5.41, 5.74) is 9.55. The molecule has 0 radical (unpaired) electrons. The van der Waals surface area contributed by atoms with Gasteiger partial charge in [-0.2, -0.15) is 9.13 Å². The fourth-order valence-corrected chi connectivity index (χ4v) is 4.41. The van der Waals surface area contributed by atoms with Crippen LogP contribution >= 0.6 is 0 Å². The molecule has 0 bridgehead atoms. The van der Waals surface area contributed by atoms with E-state index < -0.39 is 0 Å². The zero-order chi connectivity index (χ0) is 22.0. The monoisotopic (exact) mass is 423 g/mol. The van der Waals surface area contributed by atoms with Crippen LogP contribution in [-0.4, -0.2) is 4.57 Å². The average Bonchev–Trinajstić information content (AvgIpc) is 3.30. The lowest BCUT2D eigenvalue weighted by Crippen LogP contribution is -2.28. The lowest BCUT2D eigenvalue weighted by Gasteiger charge is -2.03. The van der Waals surface area contributed by atoms with Crippen LogP contribution in [0.15, 0.2) is 140 Å². The van der Waals surface area contributed by atoms with Gasteiger partial charge < -0.3 is 0 Å². The van der Waals surface area contributed by atoms with Gasteiger partial charge in [-0.05, 0) is 58.7 Å². The van der Waals surface area contributed by atoms with Crippen LogP contribution in [0.2, 0.25) is 0 Å². The summed E-state index contributed by atoms with van der Waals surface area (Å²) in [4.78, 5) is 0. The van der Waals surface area contributed by atoms with E-state index >= 15 is 0 Å². The van der Waals surface area contributed by atoms with Gasteiger partial charge in [-0.1, -0.05) is 97.1 Å². The summed E-state index contributed by atoms with van der Waals surface area (Å²) in [7, 11) is 0. The molecule has 5 aromatic carbocycles. The molecular formula is C31H23N2+. The summed E-state index contributed by atoms with van der Waals surface area (Å²) in [5.74, 6) is 0. The fraction of sp³-hybridized carbons (Fsp3) is 0. The van der Waals surface area contributed by atoms with Gasteiger partial charge in [-0.3, -0.25) is 0 Å². The number of hydrogen-bond donors (Lipinski definition) is 0. The van der Waals surface area contributed by atoms with Crippen LogP contribution in [-0.2, 0) is 0 Å². The summed E-state index contributed by atoms with van der Waals surface area (Å²) in [6.45, 7) is 0. The molecule has 6 rings (SSSR count). The molecule has 0 fully saturated rings. The van der Waals surface area contributed by atoms with Crippen molar-refractivity contribution in [2.75, 3.05) is 0 Å². The van der Waals surface area contributed by atoms with Gasteiger partial charge in [0.1, 0.15) is 11.4 Å². The highest BCUT2D eigenvalue weighted by molar-refractivity contribution is 5.75. The quantitative estimate of drug-likeness (QED) is 0.264. The number of hydrogen-bond acceptors (Lipinski definition) is 0. The predicted molar refractivity (Wildman–Crippen MR) is 136 cm³/mol. The average molecular weight is 424 g/mol. The van der Waals surface area contributed by atoms with E-state index in [1.165, 1.54) is 33.3 Å². The van der Waals surface area contributed by atoms with Crippen molar-refractivity contribution in [2.24, 2.45) is 0 Å². The summed E-state index contributed by atoms with van der Waals surface area (Å²) in [5, 5.41) is 0. The first-order valence-electron chi connectivity index (χ1n) is 11.2. The molecule has 0 atom stereocenters. The van der Waals surface area contributed by atoms with Crippen molar-refractivity contribution in [2.45, 2.75) is 0 Å². The second-order valence-electron chi connectivity index (χ2n) is 8.17. The number of imidazole rings is 1. The Bertz CT molecular complexity index is 1400. The molecule has 1 heterocycles. The van der Waals surface area contributed by atoms with Gasteiger partial charge in [0, 0.05) is 0 Å². The van der Waals surface area contributed by atoms with Crippen molar-refractivity contribution in [3.8, 4) is 33.6 Å². The fourth-order valence-electron chi connectivity index (χ4n) is 4.41. The number of aromatic nitrogens is 2. The zero-order valence-electron chi connectivity index (χ0n) is 18.2. The Hall–Kier alpha value is -4.43. The standard InChI is InChI=1S/C31H23N2/c1-3-9-24(10-4-1)26-15-19-28(20-16-26)32-23-33(31-14-8-7-13-30(31)32)29-21-17-27(18-22-29)25-11-5-2-6-12-25/h1-23H/q+1. The van der Waals surface area contributed by atoms with Crippen LogP contribution < -0.4 is 4.57 Å². The summed E-state index contributed by atoms with van der Waals surface area (Å²) in [6.07, 6.45) is 2.18. The van der Waals surface area contributed by atoms with E-state index in [0.717, 1.165) is 11.4 Å². The minimum absolute atomic E-state index is 1.14. The smallest absolute Gasteiger partial charge is 0.195 e. The van der Waals surface area contributed by atoms with Gasteiger partial charge in [-0.25, -0.2) is 0 Å². The predicted octanol–water partition coefficient (Wildman–Crippen LogP) is 7.24. The van der Waals surface area contributed by atoms with Crippen molar-refractivity contribution in [1.82, 2.24) is 4.57 Å².